The van der Waals surface area contributed by atoms with Gasteiger partial charge in [0.2, 0.25) is 11.7 Å². The predicted octanol–water partition coefficient (Wildman–Crippen LogP) is 5.21. The van der Waals surface area contributed by atoms with E-state index in [4.69, 9.17) is 4.42 Å². The number of benzene rings is 1. The summed E-state index contributed by atoms with van der Waals surface area (Å²) in [5.41, 5.74) is 1.82. The van der Waals surface area contributed by atoms with Crippen LogP contribution in [0.15, 0.2) is 38.9 Å². The lowest BCUT2D eigenvalue weighted by Gasteiger charge is -2.08. The lowest BCUT2D eigenvalue weighted by Crippen LogP contribution is -2.11. The summed E-state index contributed by atoms with van der Waals surface area (Å²) in [7, 11) is 0. The first-order valence-corrected chi connectivity index (χ1v) is 10.5. The van der Waals surface area contributed by atoms with Crippen LogP contribution in [0.25, 0.3) is 21.7 Å². The standard InChI is InChI=1S/C19H11F3N4O2S2/c20-19(21,22)17-23-15-13(11-6-3-7-12(11)29-15)16(24-17)30-18-26-25-14(28-18)10-5-2-1-4-9(10)8-27/h1-2,4-5,8H,3,6-7H2. The smallest absolute Gasteiger partial charge is 0.411 e. The highest BCUT2D eigenvalue weighted by molar-refractivity contribution is 7.99. The third-order valence-corrected chi connectivity index (χ3v) is 6.71. The zero-order valence-electron chi connectivity index (χ0n) is 15.1. The maximum absolute atomic E-state index is 13.3. The van der Waals surface area contributed by atoms with Crippen LogP contribution >= 0.6 is 23.1 Å². The van der Waals surface area contributed by atoms with E-state index in [0.717, 1.165) is 41.5 Å². The Hall–Kier alpha value is -2.79. The fourth-order valence-electron chi connectivity index (χ4n) is 3.40. The molecule has 1 aliphatic rings. The molecule has 5 rings (SSSR count). The van der Waals surface area contributed by atoms with Crippen LogP contribution in [0.1, 0.15) is 33.0 Å². The van der Waals surface area contributed by atoms with Crippen LogP contribution in [-0.4, -0.2) is 26.5 Å². The van der Waals surface area contributed by atoms with Crippen LogP contribution in [0.2, 0.25) is 0 Å². The molecule has 0 atom stereocenters. The summed E-state index contributed by atoms with van der Waals surface area (Å²) in [5, 5.41) is 8.68. The number of alkyl halides is 3. The van der Waals surface area contributed by atoms with Gasteiger partial charge < -0.3 is 4.42 Å². The number of hydrogen-bond donors (Lipinski definition) is 0. The minimum absolute atomic E-state index is 0.0387. The van der Waals surface area contributed by atoms with Crippen molar-refractivity contribution in [1.29, 1.82) is 0 Å². The summed E-state index contributed by atoms with van der Waals surface area (Å²) < 4.78 is 45.6. The maximum atomic E-state index is 13.3. The Bertz CT molecular complexity index is 1280. The normalized spacial score (nSPS) is 13.7. The fourth-order valence-corrected chi connectivity index (χ4v) is 5.55. The Morgan fingerprint density at radius 2 is 1.97 bits per heavy atom. The molecule has 0 amide bonds. The van der Waals surface area contributed by atoms with E-state index in [1.54, 1.807) is 24.3 Å². The molecule has 3 heterocycles. The number of rotatable bonds is 4. The van der Waals surface area contributed by atoms with Gasteiger partial charge in [-0.3, -0.25) is 4.79 Å². The number of nitrogens with zero attached hydrogens (tertiary/aromatic N) is 4. The number of aromatic nitrogens is 4. The van der Waals surface area contributed by atoms with Gasteiger partial charge in [-0.1, -0.05) is 18.2 Å². The molecule has 0 aliphatic heterocycles. The minimum Gasteiger partial charge on any atom is -0.411 e. The number of halogens is 3. The fraction of sp³-hybridized carbons (Fsp3) is 0.211. The Labute approximate surface area is 175 Å². The van der Waals surface area contributed by atoms with Crippen molar-refractivity contribution >= 4 is 39.6 Å². The van der Waals surface area contributed by atoms with Crippen molar-refractivity contribution in [3.63, 3.8) is 0 Å². The summed E-state index contributed by atoms with van der Waals surface area (Å²) in [6, 6.07) is 6.68. The van der Waals surface area contributed by atoms with Crippen molar-refractivity contribution in [2.75, 3.05) is 0 Å². The topological polar surface area (TPSA) is 81.8 Å². The average Bonchev–Trinajstić information content (AvgIpc) is 3.43. The highest BCUT2D eigenvalue weighted by Crippen LogP contribution is 2.43. The molecule has 1 aromatic carbocycles. The lowest BCUT2D eigenvalue weighted by molar-refractivity contribution is -0.145. The molecular weight excluding hydrogens is 437 g/mol. The van der Waals surface area contributed by atoms with Crippen LogP contribution < -0.4 is 0 Å². The molecule has 0 saturated heterocycles. The largest absolute Gasteiger partial charge is 0.451 e. The van der Waals surface area contributed by atoms with Crippen molar-refractivity contribution in [2.45, 2.75) is 35.7 Å². The third-order valence-electron chi connectivity index (χ3n) is 4.69. The van der Waals surface area contributed by atoms with Gasteiger partial charge in [0.25, 0.3) is 5.22 Å². The summed E-state index contributed by atoms with van der Waals surface area (Å²) in [5.74, 6) is -1.08. The summed E-state index contributed by atoms with van der Waals surface area (Å²) >= 11 is 2.15. The highest BCUT2D eigenvalue weighted by atomic mass is 32.2. The highest BCUT2D eigenvalue weighted by Gasteiger charge is 2.37. The van der Waals surface area contributed by atoms with Crippen LogP contribution in [0.3, 0.4) is 0 Å². The lowest BCUT2D eigenvalue weighted by atomic mass is 10.1. The van der Waals surface area contributed by atoms with Crippen molar-refractivity contribution in [2.24, 2.45) is 0 Å². The van der Waals surface area contributed by atoms with Gasteiger partial charge in [0, 0.05) is 21.4 Å². The second-order valence-corrected chi connectivity index (χ2v) is 8.59. The first-order valence-electron chi connectivity index (χ1n) is 8.89. The molecule has 0 unspecified atom stereocenters. The second kappa shape index (κ2) is 7.17. The Kier molecular flexibility index (Phi) is 4.58. The van der Waals surface area contributed by atoms with Crippen molar-refractivity contribution < 1.29 is 22.4 Å². The Morgan fingerprint density at radius 1 is 1.13 bits per heavy atom. The quantitative estimate of drug-likeness (QED) is 0.313. The van der Waals surface area contributed by atoms with E-state index in [-0.39, 0.29) is 16.1 Å². The molecule has 0 N–H and O–H groups in total. The second-order valence-electron chi connectivity index (χ2n) is 6.57. The molecule has 30 heavy (non-hydrogen) atoms. The van der Waals surface area contributed by atoms with E-state index in [1.807, 2.05) is 0 Å². The van der Waals surface area contributed by atoms with Crippen molar-refractivity contribution in [3.05, 3.63) is 46.1 Å². The van der Waals surface area contributed by atoms with Crippen LogP contribution in [-0.2, 0) is 19.0 Å². The first kappa shape index (κ1) is 19.2. The number of aryl methyl sites for hydroxylation is 2. The van der Waals surface area contributed by atoms with Gasteiger partial charge in [-0.25, -0.2) is 9.97 Å². The molecule has 1 aliphatic carbocycles. The number of carbonyl (C=O) groups is 1. The molecular formula is C19H11F3N4O2S2. The van der Waals surface area contributed by atoms with Gasteiger partial charge in [0.1, 0.15) is 9.86 Å². The van der Waals surface area contributed by atoms with Gasteiger partial charge in [0.05, 0.1) is 0 Å². The molecule has 0 spiro atoms. The molecule has 3 aromatic heterocycles. The summed E-state index contributed by atoms with van der Waals surface area (Å²) in [4.78, 5) is 20.1. The van der Waals surface area contributed by atoms with E-state index >= 15 is 0 Å². The van der Waals surface area contributed by atoms with Gasteiger partial charge in [-0.05, 0) is 42.7 Å². The van der Waals surface area contributed by atoms with Crippen LogP contribution in [0.5, 0.6) is 0 Å². The number of aldehydes is 1. The molecule has 0 radical (unpaired) electrons. The predicted molar refractivity (Wildman–Crippen MR) is 104 cm³/mol. The number of thiophene rings is 1. The maximum Gasteiger partial charge on any atom is 0.451 e. The average molecular weight is 448 g/mol. The van der Waals surface area contributed by atoms with Gasteiger partial charge in [-0.2, -0.15) is 13.2 Å². The zero-order valence-corrected chi connectivity index (χ0v) is 16.7. The molecule has 0 saturated carbocycles. The SMILES string of the molecule is O=Cc1ccccc1-c1nnc(Sc2nc(C(F)(F)F)nc3sc4c(c23)CCC4)o1. The van der Waals surface area contributed by atoms with E-state index in [2.05, 4.69) is 20.2 Å². The number of fused-ring (bicyclic) bond motifs is 3. The third kappa shape index (κ3) is 3.27. The van der Waals surface area contributed by atoms with Gasteiger partial charge in [-0.15, -0.1) is 21.5 Å². The van der Waals surface area contributed by atoms with Gasteiger partial charge >= 0.3 is 6.18 Å². The number of carbonyl (C=O) groups excluding carboxylic acids is 1. The van der Waals surface area contributed by atoms with E-state index in [9.17, 15) is 18.0 Å². The monoisotopic (exact) mass is 448 g/mol. The number of hydrogen-bond acceptors (Lipinski definition) is 8. The van der Waals surface area contributed by atoms with Crippen molar-refractivity contribution in [1.82, 2.24) is 20.2 Å². The van der Waals surface area contributed by atoms with E-state index in [0.29, 0.717) is 27.6 Å². The van der Waals surface area contributed by atoms with Crippen LogP contribution in [0.4, 0.5) is 13.2 Å². The molecule has 4 aromatic rings. The van der Waals surface area contributed by atoms with E-state index in [1.165, 1.54) is 11.3 Å². The van der Waals surface area contributed by atoms with Crippen molar-refractivity contribution in [3.8, 4) is 11.5 Å². The molecule has 0 fully saturated rings. The minimum atomic E-state index is -4.67. The molecule has 0 bridgehead atoms. The van der Waals surface area contributed by atoms with Gasteiger partial charge in [0.15, 0.2) is 6.29 Å². The van der Waals surface area contributed by atoms with Crippen LogP contribution in [0, 0.1) is 0 Å². The molecule has 6 nitrogen and oxygen atoms in total. The molecule has 152 valence electrons. The summed E-state index contributed by atoms with van der Waals surface area (Å²) in [6.45, 7) is 0. The Balaban J connectivity index is 1.59. The summed E-state index contributed by atoms with van der Waals surface area (Å²) in [6.07, 6.45) is -1.44. The molecule has 11 heteroatoms. The zero-order chi connectivity index (χ0) is 20.9. The first-order chi connectivity index (χ1) is 14.4. The Morgan fingerprint density at radius 3 is 2.77 bits per heavy atom. The van der Waals surface area contributed by atoms with E-state index < -0.39 is 12.0 Å².